The fourth-order valence-electron chi connectivity index (χ4n) is 2.29. The lowest BCUT2D eigenvalue weighted by atomic mass is 10.0. The Kier molecular flexibility index (Phi) is 5.73. The third-order valence-corrected chi connectivity index (χ3v) is 4.98. The second-order valence-electron chi connectivity index (χ2n) is 4.62. The van der Waals surface area contributed by atoms with E-state index in [2.05, 4.69) is 0 Å². The van der Waals surface area contributed by atoms with Crippen LogP contribution in [0.4, 0.5) is 0 Å². The van der Waals surface area contributed by atoms with Crippen LogP contribution >= 0.6 is 7.60 Å². The summed E-state index contributed by atoms with van der Waals surface area (Å²) < 4.78 is 33.8. The Balaban J connectivity index is 2.31. The summed E-state index contributed by atoms with van der Waals surface area (Å²) in [4.78, 5) is 0. The Labute approximate surface area is 125 Å². The molecule has 116 valence electrons. The van der Waals surface area contributed by atoms with Crippen molar-refractivity contribution in [1.82, 2.24) is 0 Å². The van der Waals surface area contributed by atoms with Gasteiger partial charge in [-0.3, -0.25) is 4.57 Å². The van der Waals surface area contributed by atoms with Crippen LogP contribution < -0.4 is 0 Å². The summed E-state index contributed by atoms with van der Waals surface area (Å²) in [6, 6.07) is 9.76. The van der Waals surface area contributed by atoms with Crippen LogP contribution in [0.25, 0.3) is 0 Å². The minimum atomic E-state index is -3.23. The van der Waals surface area contributed by atoms with E-state index < -0.39 is 7.60 Å². The highest BCUT2D eigenvalue weighted by molar-refractivity contribution is 7.57. The van der Waals surface area contributed by atoms with Crippen LogP contribution in [0.15, 0.2) is 41.7 Å². The van der Waals surface area contributed by atoms with Gasteiger partial charge in [0.25, 0.3) is 0 Å². The zero-order valence-electron chi connectivity index (χ0n) is 12.5. The summed E-state index contributed by atoms with van der Waals surface area (Å²) in [5.74, 6) is 1.55. The topological polar surface area (TPSA) is 54.0 Å². The molecule has 1 aromatic rings. The molecule has 0 spiro atoms. The van der Waals surface area contributed by atoms with Gasteiger partial charge < -0.3 is 18.5 Å². The molecule has 1 aromatic carbocycles. The lowest BCUT2D eigenvalue weighted by Gasteiger charge is -2.15. The molecule has 2 unspecified atom stereocenters. The molecule has 0 aromatic heterocycles. The number of rotatable bonds is 6. The lowest BCUT2D eigenvalue weighted by Crippen LogP contribution is -2.10. The quantitative estimate of drug-likeness (QED) is 0.746. The monoisotopic (exact) mass is 312 g/mol. The van der Waals surface area contributed by atoms with E-state index in [1.165, 1.54) is 14.2 Å². The molecule has 0 radical (unpaired) electrons. The maximum absolute atomic E-state index is 12.3. The van der Waals surface area contributed by atoms with Crippen LogP contribution in [0, 0.1) is 0 Å². The number of ether oxygens (including phenoxy) is 2. The van der Waals surface area contributed by atoms with Crippen molar-refractivity contribution in [2.24, 2.45) is 0 Å². The molecule has 2 atom stereocenters. The van der Waals surface area contributed by atoms with Crippen LogP contribution in [0.5, 0.6) is 0 Å². The summed E-state index contributed by atoms with van der Waals surface area (Å²) in [7, 11) is -0.492. The second kappa shape index (κ2) is 7.34. The Morgan fingerprint density at radius 1 is 1.29 bits per heavy atom. The van der Waals surface area contributed by atoms with E-state index in [-0.39, 0.29) is 12.4 Å². The predicted molar refractivity (Wildman–Crippen MR) is 80.0 cm³/mol. The van der Waals surface area contributed by atoms with Crippen molar-refractivity contribution in [3.63, 3.8) is 0 Å². The summed E-state index contributed by atoms with van der Waals surface area (Å²) in [6.07, 6.45) is -0.0839. The van der Waals surface area contributed by atoms with Gasteiger partial charge in [-0.1, -0.05) is 30.3 Å². The molecule has 21 heavy (non-hydrogen) atoms. The zero-order valence-corrected chi connectivity index (χ0v) is 13.4. The molecule has 1 heterocycles. The Hall–Kier alpha value is -0.970. The molecule has 0 aliphatic carbocycles. The third kappa shape index (κ3) is 4.02. The molecule has 0 N–H and O–H groups in total. The summed E-state index contributed by atoms with van der Waals surface area (Å²) in [6.45, 7) is 2.48. The van der Waals surface area contributed by atoms with Gasteiger partial charge in [0.2, 0.25) is 0 Å². The smallest absolute Gasteiger partial charge is 0.353 e. The molecule has 1 fully saturated rings. The SMILES string of the molecule is CCOC1C/C(=C\P(=O)(OC)OC)C(c2ccccc2)O1. The van der Waals surface area contributed by atoms with E-state index in [9.17, 15) is 4.57 Å². The molecule has 1 saturated heterocycles. The standard InChI is InChI=1S/C15H21O5P/c1-4-19-14-10-13(11-21(16,17-2)18-3)15(20-14)12-8-6-5-7-9-12/h5-9,11,14-15H,4,10H2,1-3H3/b13-11+. The molecule has 1 aliphatic heterocycles. The maximum atomic E-state index is 12.3. The van der Waals surface area contributed by atoms with Crippen molar-refractivity contribution in [3.8, 4) is 0 Å². The van der Waals surface area contributed by atoms with Crippen molar-refractivity contribution in [2.45, 2.75) is 25.7 Å². The first-order valence-corrected chi connectivity index (χ1v) is 8.48. The molecule has 2 rings (SSSR count). The molecule has 1 aliphatic rings. The van der Waals surface area contributed by atoms with E-state index in [1.54, 1.807) is 5.82 Å². The van der Waals surface area contributed by atoms with Gasteiger partial charge in [0.05, 0.1) is 0 Å². The minimum Gasteiger partial charge on any atom is -0.353 e. The summed E-state index contributed by atoms with van der Waals surface area (Å²) in [5, 5.41) is 0. The normalized spacial score (nSPS) is 24.6. The molecular formula is C15H21O5P. The Bertz CT molecular complexity index is 520. The number of hydrogen-bond acceptors (Lipinski definition) is 5. The number of hydrogen-bond donors (Lipinski definition) is 0. The van der Waals surface area contributed by atoms with Gasteiger partial charge in [0, 0.05) is 33.1 Å². The first-order valence-electron chi connectivity index (χ1n) is 6.86. The van der Waals surface area contributed by atoms with Gasteiger partial charge in [-0.15, -0.1) is 0 Å². The minimum absolute atomic E-state index is 0.290. The highest BCUT2D eigenvalue weighted by Gasteiger charge is 2.34. The molecule has 0 bridgehead atoms. The van der Waals surface area contributed by atoms with Crippen molar-refractivity contribution in [2.75, 3.05) is 20.8 Å². The van der Waals surface area contributed by atoms with Gasteiger partial charge in [-0.25, -0.2) is 0 Å². The van der Waals surface area contributed by atoms with E-state index in [0.29, 0.717) is 13.0 Å². The van der Waals surface area contributed by atoms with Crippen molar-refractivity contribution < 1.29 is 23.1 Å². The molecule has 0 amide bonds. The highest BCUT2D eigenvalue weighted by Crippen LogP contribution is 2.52. The van der Waals surface area contributed by atoms with E-state index in [4.69, 9.17) is 18.5 Å². The van der Waals surface area contributed by atoms with Gasteiger partial charge in [-0.2, -0.15) is 0 Å². The second-order valence-corrected chi connectivity index (χ2v) is 6.69. The highest BCUT2D eigenvalue weighted by atomic mass is 31.2. The first kappa shape index (κ1) is 16.4. The van der Waals surface area contributed by atoms with Crippen molar-refractivity contribution in [1.29, 1.82) is 0 Å². The van der Waals surface area contributed by atoms with Gasteiger partial charge in [-0.05, 0) is 18.1 Å². The fraction of sp³-hybridized carbons (Fsp3) is 0.467. The Morgan fingerprint density at radius 2 is 1.95 bits per heavy atom. The number of benzene rings is 1. The lowest BCUT2D eigenvalue weighted by molar-refractivity contribution is -0.130. The fourth-order valence-corrected chi connectivity index (χ4v) is 3.30. The van der Waals surface area contributed by atoms with Crippen molar-refractivity contribution >= 4 is 7.60 Å². The van der Waals surface area contributed by atoms with Crippen LogP contribution in [0.3, 0.4) is 0 Å². The third-order valence-electron chi connectivity index (χ3n) is 3.31. The Morgan fingerprint density at radius 3 is 2.52 bits per heavy atom. The first-order chi connectivity index (χ1) is 10.1. The summed E-state index contributed by atoms with van der Waals surface area (Å²) >= 11 is 0. The summed E-state index contributed by atoms with van der Waals surface area (Å²) in [5.41, 5.74) is 1.84. The largest absolute Gasteiger partial charge is 0.353 e. The van der Waals surface area contributed by atoms with Crippen LogP contribution in [-0.4, -0.2) is 27.1 Å². The van der Waals surface area contributed by atoms with Crippen LogP contribution in [-0.2, 0) is 23.1 Å². The van der Waals surface area contributed by atoms with Gasteiger partial charge >= 0.3 is 7.60 Å². The van der Waals surface area contributed by atoms with Crippen LogP contribution in [0.2, 0.25) is 0 Å². The molecule has 0 saturated carbocycles. The van der Waals surface area contributed by atoms with E-state index >= 15 is 0 Å². The molecule has 5 nitrogen and oxygen atoms in total. The van der Waals surface area contributed by atoms with Gasteiger partial charge in [0.1, 0.15) is 6.10 Å². The zero-order chi connectivity index (χ0) is 15.3. The van der Waals surface area contributed by atoms with E-state index in [1.807, 2.05) is 37.3 Å². The predicted octanol–water partition coefficient (Wildman–Crippen LogP) is 3.88. The van der Waals surface area contributed by atoms with Gasteiger partial charge in [0.15, 0.2) is 6.29 Å². The molecule has 6 heteroatoms. The average molecular weight is 312 g/mol. The average Bonchev–Trinajstić information content (AvgIpc) is 2.90. The van der Waals surface area contributed by atoms with E-state index in [0.717, 1.165) is 11.1 Å². The maximum Gasteiger partial charge on any atom is 0.353 e. The van der Waals surface area contributed by atoms with Crippen LogP contribution in [0.1, 0.15) is 25.0 Å². The molecular weight excluding hydrogens is 291 g/mol. The van der Waals surface area contributed by atoms with Crippen molar-refractivity contribution in [3.05, 3.63) is 47.3 Å².